The van der Waals surface area contributed by atoms with E-state index in [9.17, 15) is 0 Å². The first kappa shape index (κ1) is 12.5. The maximum absolute atomic E-state index is 2.25. The van der Waals surface area contributed by atoms with Gasteiger partial charge in [-0.05, 0) is 55.1 Å². The highest BCUT2D eigenvalue weighted by Crippen LogP contribution is 2.44. The standard InChI is InChI=1S/C19H22/c1-3-7-16(8-4-1)11-13-18-15-19(18)14-12-17-9-5-2-6-10-17/h1-10,18-19H,11-15H2/t18-,19-/m1/s1. The molecule has 1 aliphatic carbocycles. The van der Waals surface area contributed by atoms with E-state index in [4.69, 9.17) is 0 Å². The quantitative estimate of drug-likeness (QED) is 0.685. The Morgan fingerprint density at radius 2 is 1.05 bits per heavy atom. The molecule has 0 aliphatic heterocycles. The van der Waals surface area contributed by atoms with E-state index in [1.54, 1.807) is 0 Å². The first-order valence-electron chi connectivity index (χ1n) is 7.49. The van der Waals surface area contributed by atoms with Gasteiger partial charge in [0.1, 0.15) is 0 Å². The monoisotopic (exact) mass is 250 g/mol. The van der Waals surface area contributed by atoms with Crippen molar-refractivity contribution in [1.82, 2.24) is 0 Å². The molecule has 1 fully saturated rings. The lowest BCUT2D eigenvalue weighted by molar-refractivity contribution is 0.608. The minimum absolute atomic E-state index is 0.990. The average molecular weight is 250 g/mol. The molecule has 0 bridgehead atoms. The van der Waals surface area contributed by atoms with Crippen molar-refractivity contribution >= 4 is 0 Å². The van der Waals surface area contributed by atoms with Gasteiger partial charge >= 0.3 is 0 Å². The molecule has 0 radical (unpaired) electrons. The van der Waals surface area contributed by atoms with Crippen LogP contribution in [0.2, 0.25) is 0 Å². The Kier molecular flexibility index (Phi) is 3.98. The van der Waals surface area contributed by atoms with E-state index >= 15 is 0 Å². The van der Waals surface area contributed by atoms with Crippen molar-refractivity contribution in [2.24, 2.45) is 11.8 Å². The van der Waals surface area contributed by atoms with Gasteiger partial charge in [-0.15, -0.1) is 0 Å². The zero-order chi connectivity index (χ0) is 12.9. The van der Waals surface area contributed by atoms with Crippen LogP contribution in [0.4, 0.5) is 0 Å². The van der Waals surface area contributed by atoms with Crippen molar-refractivity contribution in [3.63, 3.8) is 0 Å². The van der Waals surface area contributed by atoms with Crippen LogP contribution in [0, 0.1) is 11.8 Å². The minimum Gasteiger partial charge on any atom is -0.0622 e. The topological polar surface area (TPSA) is 0 Å². The fourth-order valence-corrected chi connectivity index (χ4v) is 3.01. The molecule has 0 nitrogen and oxygen atoms in total. The van der Waals surface area contributed by atoms with Gasteiger partial charge in [0, 0.05) is 0 Å². The summed E-state index contributed by atoms with van der Waals surface area (Å²) in [4.78, 5) is 0. The number of benzene rings is 2. The van der Waals surface area contributed by atoms with Gasteiger partial charge in [0.25, 0.3) is 0 Å². The van der Waals surface area contributed by atoms with Gasteiger partial charge in [0.15, 0.2) is 0 Å². The molecule has 0 heterocycles. The van der Waals surface area contributed by atoms with E-state index in [0.29, 0.717) is 0 Å². The lowest BCUT2D eigenvalue weighted by Crippen LogP contribution is -1.91. The van der Waals surface area contributed by atoms with Crippen molar-refractivity contribution in [3.05, 3.63) is 71.8 Å². The van der Waals surface area contributed by atoms with Crippen molar-refractivity contribution in [1.29, 1.82) is 0 Å². The van der Waals surface area contributed by atoms with Crippen LogP contribution in [0.1, 0.15) is 30.4 Å². The zero-order valence-corrected chi connectivity index (χ0v) is 11.5. The minimum atomic E-state index is 0.990. The normalized spacial score (nSPS) is 21.3. The highest BCUT2D eigenvalue weighted by molar-refractivity contribution is 5.16. The summed E-state index contributed by atoms with van der Waals surface area (Å²) in [5.41, 5.74) is 2.99. The molecule has 0 saturated heterocycles. The number of hydrogen-bond acceptors (Lipinski definition) is 0. The third kappa shape index (κ3) is 3.70. The Bertz CT molecular complexity index is 438. The molecule has 19 heavy (non-hydrogen) atoms. The van der Waals surface area contributed by atoms with Crippen molar-refractivity contribution in [2.45, 2.75) is 32.1 Å². The number of rotatable bonds is 6. The largest absolute Gasteiger partial charge is 0.0622 e. The van der Waals surface area contributed by atoms with Gasteiger partial charge in [-0.3, -0.25) is 0 Å². The van der Waals surface area contributed by atoms with E-state index in [1.807, 2.05) is 0 Å². The molecule has 2 atom stereocenters. The first-order chi connectivity index (χ1) is 9.42. The maximum Gasteiger partial charge on any atom is -0.0276 e. The molecule has 1 saturated carbocycles. The summed E-state index contributed by atoms with van der Waals surface area (Å²) in [6, 6.07) is 21.8. The molecule has 0 spiro atoms. The molecule has 1 aliphatic rings. The Labute approximate surface area is 116 Å². The second kappa shape index (κ2) is 6.06. The summed E-state index contributed by atoms with van der Waals surface area (Å²) in [6.07, 6.45) is 6.73. The zero-order valence-electron chi connectivity index (χ0n) is 11.5. The van der Waals surface area contributed by atoms with E-state index in [-0.39, 0.29) is 0 Å². The van der Waals surface area contributed by atoms with Gasteiger partial charge in [0.05, 0.1) is 0 Å². The number of hydrogen-bond donors (Lipinski definition) is 0. The van der Waals surface area contributed by atoms with Gasteiger partial charge in [-0.25, -0.2) is 0 Å². The van der Waals surface area contributed by atoms with E-state index in [0.717, 1.165) is 11.8 Å². The predicted molar refractivity (Wildman–Crippen MR) is 81.1 cm³/mol. The second-order valence-corrected chi connectivity index (χ2v) is 5.80. The van der Waals surface area contributed by atoms with Crippen LogP contribution in [-0.2, 0) is 12.8 Å². The second-order valence-electron chi connectivity index (χ2n) is 5.80. The summed E-state index contributed by atoms with van der Waals surface area (Å²) >= 11 is 0. The summed E-state index contributed by atoms with van der Waals surface area (Å²) in [6.45, 7) is 0. The highest BCUT2D eigenvalue weighted by Gasteiger charge is 2.35. The van der Waals surface area contributed by atoms with Gasteiger partial charge in [-0.1, -0.05) is 60.7 Å². The van der Waals surface area contributed by atoms with Crippen molar-refractivity contribution in [3.8, 4) is 0 Å². The van der Waals surface area contributed by atoms with Crippen molar-refractivity contribution < 1.29 is 0 Å². The molecule has 0 heteroatoms. The fourth-order valence-electron chi connectivity index (χ4n) is 3.01. The molecule has 0 N–H and O–H groups in total. The molecule has 2 aromatic rings. The van der Waals surface area contributed by atoms with E-state index < -0.39 is 0 Å². The molecule has 0 aromatic heterocycles. The molecule has 98 valence electrons. The van der Waals surface area contributed by atoms with Crippen LogP contribution in [-0.4, -0.2) is 0 Å². The Morgan fingerprint density at radius 3 is 1.47 bits per heavy atom. The Morgan fingerprint density at radius 1 is 0.632 bits per heavy atom. The fraction of sp³-hybridized carbons (Fsp3) is 0.368. The van der Waals surface area contributed by atoms with Gasteiger partial charge in [0.2, 0.25) is 0 Å². The van der Waals surface area contributed by atoms with Gasteiger partial charge < -0.3 is 0 Å². The summed E-state index contributed by atoms with van der Waals surface area (Å²) < 4.78 is 0. The Hall–Kier alpha value is -1.56. The van der Waals surface area contributed by atoms with Crippen LogP contribution >= 0.6 is 0 Å². The predicted octanol–water partition coefficient (Wildman–Crippen LogP) is 4.89. The van der Waals surface area contributed by atoms with Crippen LogP contribution in [0.15, 0.2) is 60.7 Å². The molecule has 0 unspecified atom stereocenters. The maximum atomic E-state index is 2.25. The smallest absolute Gasteiger partial charge is 0.0276 e. The Balaban J connectivity index is 1.38. The third-order valence-electron chi connectivity index (χ3n) is 4.36. The van der Waals surface area contributed by atoms with Crippen LogP contribution < -0.4 is 0 Å². The van der Waals surface area contributed by atoms with E-state index in [2.05, 4.69) is 60.7 Å². The molecular weight excluding hydrogens is 228 g/mol. The first-order valence-corrected chi connectivity index (χ1v) is 7.49. The molecular formula is C19H22. The SMILES string of the molecule is c1ccc(CC[C@@H]2C[C@H]2CCc2ccccc2)cc1. The molecule has 3 rings (SSSR count). The lowest BCUT2D eigenvalue weighted by atomic mass is 10.0. The summed E-state index contributed by atoms with van der Waals surface area (Å²) in [7, 11) is 0. The van der Waals surface area contributed by atoms with Gasteiger partial charge in [-0.2, -0.15) is 0 Å². The lowest BCUT2D eigenvalue weighted by Gasteiger charge is -2.02. The van der Waals surface area contributed by atoms with Crippen LogP contribution in [0.25, 0.3) is 0 Å². The molecule has 2 aromatic carbocycles. The summed E-state index contributed by atoms with van der Waals surface area (Å²) in [5, 5.41) is 0. The van der Waals surface area contributed by atoms with Crippen LogP contribution in [0.3, 0.4) is 0 Å². The molecule has 0 amide bonds. The summed E-state index contributed by atoms with van der Waals surface area (Å²) in [5.74, 6) is 1.98. The third-order valence-corrected chi connectivity index (χ3v) is 4.36. The van der Waals surface area contributed by atoms with Crippen molar-refractivity contribution in [2.75, 3.05) is 0 Å². The highest BCUT2D eigenvalue weighted by atomic mass is 14.4. The van der Waals surface area contributed by atoms with Crippen LogP contribution in [0.5, 0.6) is 0 Å². The number of aryl methyl sites for hydroxylation is 2. The van der Waals surface area contributed by atoms with E-state index in [1.165, 1.54) is 43.2 Å². The average Bonchev–Trinajstić information content (AvgIpc) is 3.24.